The van der Waals surface area contributed by atoms with Crippen molar-refractivity contribution in [3.63, 3.8) is 0 Å². The average Bonchev–Trinajstić information content (AvgIpc) is 3.28. The molecule has 1 aliphatic rings. The van der Waals surface area contributed by atoms with Crippen LogP contribution in [0.5, 0.6) is 11.5 Å². The quantitative estimate of drug-likeness (QED) is 0.236. The van der Waals surface area contributed by atoms with Crippen LogP contribution in [0.15, 0.2) is 66.7 Å². The van der Waals surface area contributed by atoms with Gasteiger partial charge >= 0.3 is 5.97 Å². The van der Waals surface area contributed by atoms with E-state index in [4.69, 9.17) is 37.7 Å². The molecule has 1 fully saturated rings. The third kappa shape index (κ3) is 5.22. The standard InChI is InChI=1S/C25H21Cl2N3O3S/c26-17-6-9-22(20(27)14-17)32-16-24(31)33-19-7-8-21-23(15-19)34-25(28-21)30-12-10-29(11-13-30)18-4-2-1-3-5-18/h1-9,14-15H,10-13,16H2. The number of aromatic nitrogens is 1. The summed E-state index contributed by atoms with van der Waals surface area (Å²) in [5.74, 6) is 0.303. The number of hydrogen-bond donors (Lipinski definition) is 0. The van der Waals surface area contributed by atoms with E-state index in [1.807, 2.05) is 18.2 Å². The first-order chi connectivity index (χ1) is 16.5. The Morgan fingerprint density at radius 3 is 2.47 bits per heavy atom. The Bertz CT molecular complexity index is 1310. The molecule has 34 heavy (non-hydrogen) atoms. The van der Waals surface area contributed by atoms with E-state index in [1.165, 1.54) is 5.69 Å². The Hall–Kier alpha value is -3.00. The van der Waals surface area contributed by atoms with Crippen molar-refractivity contribution in [3.8, 4) is 11.5 Å². The summed E-state index contributed by atoms with van der Waals surface area (Å²) in [6.45, 7) is 3.43. The summed E-state index contributed by atoms with van der Waals surface area (Å²) in [4.78, 5) is 21.7. The van der Waals surface area contributed by atoms with E-state index in [0.29, 0.717) is 21.5 Å². The van der Waals surface area contributed by atoms with Crippen LogP contribution in [0.25, 0.3) is 10.2 Å². The average molecular weight is 514 g/mol. The fourth-order valence-corrected chi connectivity index (χ4v) is 5.28. The molecule has 0 unspecified atom stereocenters. The molecule has 5 rings (SSSR count). The first-order valence-electron chi connectivity index (χ1n) is 10.8. The fraction of sp³-hybridized carbons (Fsp3) is 0.200. The Balaban J connectivity index is 1.19. The van der Waals surface area contributed by atoms with E-state index in [2.05, 4.69) is 34.1 Å². The molecule has 1 aliphatic heterocycles. The highest BCUT2D eigenvalue weighted by atomic mass is 35.5. The maximum atomic E-state index is 12.3. The number of thiazole rings is 1. The van der Waals surface area contributed by atoms with Crippen LogP contribution in [-0.2, 0) is 4.79 Å². The topological polar surface area (TPSA) is 54.9 Å². The lowest BCUT2D eigenvalue weighted by Crippen LogP contribution is -2.46. The second kappa shape index (κ2) is 10.1. The van der Waals surface area contributed by atoms with Crippen LogP contribution < -0.4 is 19.3 Å². The first-order valence-corrected chi connectivity index (χ1v) is 12.4. The Labute approximate surface area is 211 Å². The van der Waals surface area contributed by atoms with Gasteiger partial charge in [0.2, 0.25) is 0 Å². The molecular weight excluding hydrogens is 493 g/mol. The van der Waals surface area contributed by atoms with Crippen LogP contribution in [0.1, 0.15) is 0 Å². The van der Waals surface area contributed by atoms with Gasteiger partial charge < -0.3 is 19.3 Å². The lowest BCUT2D eigenvalue weighted by Gasteiger charge is -2.35. The number of piperazine rings is 1. The Morgan fingerprint density at radius 1 is 0.941 bits per heavy atom. The van der Waals surface area contributed by atoms with Gasteiger partial charge in [-0.2, -0.15) is 0 Å². The third-order valence-electron chi connectivity index (χ3n) is 5.49. The van der Waals surface area contributed by atoms with Gasteiger partial charge in [-0.05, 0) is 42.5 Å². The van der Waals surface area contributed by atoms with E-state index in [-0.39, 0.29) is 6.61 Å². The molecule has 4 aromatic rings. The second-order valence-corrected chi connectivity index (χ2v) is 9.63. The lowest BCUT2D eigenvalue weighted by atomic mass is 10.2. The molecule has 6 nitrogen and oxygen atoms in total. The van der Waals surface area contributed by atoms with Gasteiger partial charge in [-0.15, -0.1) is 0 Å². The van der Waals surface area contributed by atoms with Crippen LogP contribution in [0.3, 0.4) is 0 Å². The van der Waals surface area contributed by atoms with Crippen molar-refractivity contribution in [2.24, 2.45) is 0 Å². The predicted molar refractivity (Wildman–Crippen MR) is 138 cm³/mol. The molecule has 2 heterocycles. The summed E-state index contributed by atoms with van der Waals surface area (Å²) < 4.78 is 11.9. The minimum absolute atomic E-state index is 0.265. The third-order valence-corrected chi connectivity index (χ3v) is 7.10. The minimum Gasteiger partial charge on any atom is -0.480 e. The maximum Gasteiger partial charge on any atom is 0.349 e. The SMILES string of the molecule is O=C(COc1ccc(Cl)cc1Cl)Oc1ccc2nc(N3CCN(c4ccccc4)CC3)sc2c1. The normalized spacial score (nSPS) is 13.8. The van der Waals surface area contributed by atoms with E-state index in [1.54, 1.807) is 35.6 Å². The zero-order valence-corrected chi connectivity index (χ0v) is 20.4. The van der Waals surface area contributed by atoms with Crippen molar-refractivity contribution in [2.45, 2.75) is 0 Å². The van der Waals surface area contributed by atoms with Gasteiger partial charge in [0.05, 0.1) is 15.2 Å². The number of nitrogens with zero attached hydrogens (tertiary/aromatic N) is 3. The predicted octanol–water partition coefficient (Wildman–Crippen LogP) is 5.91. The monoisotopic (exact) mass is 513 g/mol. The number of rotatable bonds is 6. The number of carbonyl (C=O) groups excluding carboxylic acids is 1. The van der Waals surface area contributed by atoms with Crippen LogP contribution in [-0.4, -0.2) is 43.7 Å². The molecule has 0 bridgehead atoms. The zero-order chi connectivity index (χ0) is 23.5. The van der Waals surface area contributed by atoms with E-state index < -0.39 is 5.97 Å². The van der Waals surface area contributed by atoms with Crippen LogP contribution in [0, 0.1) is 0 Å². The van der Waals surface area contributed by atoms with Crippen molar-refractivity contribution < 1.29 is 14.3 Å². The number of esters is 1. The number of ether oxygens (including phenoxy) is 2. The zero-order valence-electron chi connectivity index (χ0n) is 18.1. The molecule has 3 aromatic carbocycles. The van der Waals surface area contributed by atoms with E-state index in [0.717, 1.165) is 41.5 Å². The lowest BCUT2D eigenvalue weighted by molar-refractivity contribution is -0.136. The molecule has 0 saturated carbocycles. The Morgan fingerprint density at radius 2 is 1.71 bits per heavy atom. The van der Waals surface area contributed by atoms with Crippen LogP contribution in [0.4, 0.5) is 10.8 Å². The molecule has 174 valence electrons. The number of anilines is 2. The minimum atomic E-state index is -0.521. The maximum absolute atomic E-state index is 12.3. The molecule has 0 radical (unpaired) electrons. The summed E-state index contributed by atoms with van der Waals surface area (Å²) in [5.41, 5.74) is 2.13. The van der Waals surface area contributed by atoms with Gasteiger partial charge in [-0.3, -0.25) is 0 Å². The van der Waals surface area contributed by atoms with Gasteiger partial charge in [-0.1, -0.05) is 52.7 Å². The number of halogens is 2. The number of benzene rings is 3. The fourth-order valence-electron chi connectivity index (χ4n) is 3.78. The first kappa shape index (κ1) is 22.8. The molecule has 0 aliphatic carbocycles. The highest BCUT2D eigenvalue weighted by Gasteiger charge is 2.20. The van der Waals surface area contributed by atoms with Gasteiger partial charge in [0.25, 0.3) is 0 Å². The molecule has 0 spiro atoms. The van der Waals surface area contributed by atoms with Crippen molar-refractivity contribution >= 4 is 61.5 Å². The van der Waals surface area contributed by atoms with Crippen molar-refractivity contribution in [1.82, 2.24) is 4.98 Å². The van der Waals surface area contributed by atoms with E-state index in [9.17, 15) is 4.79 Å². The number of hydrogen-bond acceptors (Lipinski definition) is 7. The number of fused-ring (bicyclic) bond motifs is 1. The summed E-state index contributed by atoms with van der Waals surface area (Å²) in [5, 5.41) is 1.81. The second-order valence-electron chi connectivity index (χ2n) is 7.77. The van der Waals surface area contributed by atoms with Gasteiger partial charge in [0.15, 0.2) is 11.7 Å². The number of carbonyl (C=O) groups is 1. The summed E-state index contributed by atoms with van der Waals surface area (Å²) in [6.07, 6.45) is 0. The molecule has 9 heteroatoms. The molecule has 0 amide bonds. The molecule has 0 atom stereocenters. The van der Waals surface area contributed by atoms with Gasteiger partial charge in [0.1, 0.15) is 11.5 Å². The summed E-state index contributed by atoms with van der Waals surface area (Å²) in [7, 11) is 0. The largest absolute Gasteiger partial charge is 0.480 e. The molecule has 0 N–H and O–H groups in total. The summed E-state index contributed by atoms with van der Waals surface area (Å²) in [6, 6.07) is 20.7. The van der Waals surface area contributed by atoms with Crippen molar-refractivity contribution in [1.29, 1.82) is 0 Å². The summed E-state index contributed by atoms with van der Waals surface area (Å²) >= 11 is 13.5. The van der Waals surface area contributed by atoms with E-state index >= 15 is 0 Å². The molecule has 1 aromatic heterocycles. The Kier molecular flexibility index (Phi) is 6.76. The van der Waals surface area contributed by atoms with Crippen LogP contribution >= 0.6 is 34.5 Å². The molecule has 1 saturated heterocycles. The number of para-hydroxylation sites is 1. The highest BCUT2D eigenvalue weighted by Crippen LogP contribution is 2.32. The smallest absolute Gasteiger partial charge is 0.349 e. The van der Waals surface area contributed by atoms with Gasteiger partial charge in [-0.25, -0.2) is 9.78 Å². The van der Waals surface area contributed by atoms with Crippen molar-refractivity contribution in [2.75, 3.05) is 42.6 Å². The van der Waals surface area contributed by atoms with Crippen molar-refractivity contribution in [3.05, 3.63) is 76.8 Å². The molecular formula is C25H21Cl2N3O3S. The van der Waals surface area contributed by atoms with Gasteiger partial charge in [0, 0.05) is 43.0 Å². The van der Waals surface area contributed by atoms with Crippen LogP contribution in [0.2, 0.25) is 10.0 Å². The highest BCUT2D eigenvalue weighted by molar-refractivity contribution is 7.22.